The highest BCUT2D eigenvalue weighted by Crippen LogP contribution is 2.29. The Labute approximate surface area is 98.8 Å². The number of nitrogens with one attached hydrogen (secondary N) is 1. The summed E-state index contributed by atoms with van der Waals surface area (Å²) >= 11 is 0. The summed E-state index contributed by atoms with van der Waals surface area (Å²) in [6.07, 6.45) is 1.72. The lowest BCUT2D eigenvalue weighted by atomic mass is 9.91. The second-order valence-electron chi connectivity index (χ2n) is 4.33. The van der Waals surface area contributed by atoms with Gasteiger partial charge in [0.15, 0.2) is 0 Å². The summed E-state index contributed by atoms with van der Waals surface area (Å²) in [4.78, 5) is 14.3. The highest BCUT2D eigenvalue weighted by Gasteiger charge is 2.22. The summed E-state index contributed by atoms with van der Waals surface area (Å²) in [5.74, 6) is -0.595. The predicted octanol–water partition coefficient (Wildman–Crippen LogP) is 2.33. The molecule has 90 valence electrons. The molecule has 17 heavy (non-hydrogen) atoms. The van der Waals surface area contributed by atoms with Crippen LogP contribution in [0.25, 0.3) is 10.9 Å². The third-order valence-corrected chi connectivity index (χ3v) is 3.18. The largest absolute Gasteiger partial charge is 0.361 e. The maximum Gasteiger partial charge on any atom is 0.147 e. The molecular weight excluding hydrogens is 219 g/mol. The molecule has 2 rings (SSSR count). The topological polar surface area (TPSA) is 58.9 Å². The molecule has 0 amide bonds. The van der Waals surface area contributed by atoms with Crippen molar-refractivity contribution >= 4 is 16.7 Å². The van der Waals surface area contributed by atoms with Crippen molar-refractivity contribution in [3.63, 3.8) is 0 Å². The van der Waals surface area contributed by atoms with Crippen LogP contribution < -0.4 is 5.73 Å². The van der Waals surface area contributed by atoms with Gasteiger partial charge in [-0.25, -0.2) is 4.39 Å². The number of fused-ring (bicyclic) bond motifs is 1. The van der Waals surface area contributed by atoms with Crippen LogP contribution in [-0.4, -0.2) is 16.8 Å². The van der Waals surface area contributed by atoms with E-state index in [4.69, 9.17) is 5.73 Å². The molecular formula is C13H15FN2O. The number of Topliss-reactive ketones (excluding diaryl/α,β-unsaturated/α-hetero) is 1. The average Bonchev–Trinajstić information content (AvgIpc) is 2.72. The molecule has 0 unspecified atom stereocenters. The fraction of sp³-hybridized carbons (Fsp3) is 0.308. The third kappa shape index (κ3) is 1.96. The molecule has 0 spiro atoms. The maximum atomic E-state index is 13.8. The molecule has 1 heterocycles. The molecule has 0 bridgehead atoms. The molecule has 0 fully saturated rings. The number of nitrogens with two attached hydrogens (primary N) is 1. The smallest absolute Gasteiger partial charge is 0.147 e. The lowest BCUT2D eigenvalue weighted by Crippen LogP contribution is -2.33. The van der Waals surface area contributed by atoms with Crippen molar-refractivity contribution in [3.8, 4) is 0 Å². The van der Waals surface area contributed by atoms with E-state index < -0.39 is 6.04 Å². The first kappa shape index (κ1) is 11.8. The van der Waals surface area contributed by atoms with Crippen LogP contribution in [0.2, 0.25) is 0 Å². The summed E-state index contributed by atoms with van der Waals surface area (Å²) in [7, 11) is 0. The maximum absolute atomic E-state index is 13.8. The van der Waals surface area contributed by atoms with Crippen molar-refractivity contribution in [2.75, 3.05) is 0 Å². The van der Waals surface area contributed by atoms with E-state index in [2.05, 4.69) is 4.98 Å². The van der Waals surface area contributed by atoms with E-state index in [1.807, 2.05) is 6.92 Å². The molecule has 0 radical (unpaired) electrons. The summed E-state index contributed by atoms with van der Waals surface area (Å²) in [6.45, 7) is 3.29. The number of benzene rings is 1. The van der Waals surface area contributed by atoms with Crippen molar-refractivity contribution in [2.45, 2.75) is 25.8 Å². The van der Waals surface area contributed by atoms with Gasteiger partial charge in [0.05, 0.1) is 6.04 Å². The SMILES string of the molecule is CC(=O)[C@@H](N)[C@@H](C)c1c[nH]c2cccc(F)c12. The molecule has 3 N–H and O–H groups in total. The molecule has 3 nitrogen and oxygen atoms in total. The van der Waals surface area contributed by atoms with E-state index in [1.54, 1.807) is 18.3 Å². The second kappa shape index (κ2) is 4.30. The van der Waals surface area contributed by atoms with E-state index in [0.717, 1.165) is 11.1 Å². The van der Waals surface area contributed by atoms with Crippen LogP contribution in [0.5, 0.6) is 0 Å². The van der Waals surface area contributed by atoms with Gasteiger partial charge in [0.1, 0.15) is 11.6 Å². The van der Waals surface area contributed by atoms with E-state index in [-0.39, 0.29) is 17.5 Å². The average molecular weight is 234 g/mol. The van der Waals surface area contributed by atoms with Crippen LogP contribution in [-0.2, 0) is 4.79 Å². The van der Waals surface area contributed by atoms with Gasteiger partial charge in [-0.2, -0.15) is 0 Å². The molecule has 4 heteroatoms. The summed E-state index contributed by atoms with van der Waals surface area (Å²) in [5.41, 5.74) is 7.28. The van der Waals surface area contributed by atoms with E-state index >= 15 is 0 Å². The Hall–Kier alpha value is -1.68. The minimum absolute atomic E-state index is 0.0943. The number of carbonyl (C=O) groups excluding carboxylic acids is 1. The molecule has 2 atom stereocenters. The first-order valence-electron chi connectivity index (χ1n) is 5.54. The van der Waals surface area contributed by atoms with Crippen molar-refractivity contribution in [3.05, 3.63) is 35.8 Å². The number of aromatic amines is 1. The van der Waals surface area contributed by atoms with Gasteiger partial charge in [-0.05, 0) is 24.6 Å². The molecule has 0 aliphatic rings. The van der Waals surface area contributed by atoms with Crippen molar-refractivity contribution in [2.24, 2.45) is 5.73 Å². The van der Waals surface area contributed by atoms with Crippen molar-refractivity contribution in [1.29, 1.82) is 0 Å². The normalized spacial score (nSPS) is 14.8. The Bertz CT molecular complexity index is 562. The number of hydrogen-bond donors (Lipinski definition) is 2. The van der Waals surface area contributed by atoms with Crippen molar-refractivity contribution in [1.82, 2.24) is 4.98 Å². The van der Waals surface area contributed by atoms with Gasteiger partial charge in [0.25, 0.3) is 0 Å². The minimum atomic E-state index is -0.603. The number of ketones is 1. The fourth-order valence-electron chi connectivity index (χ4n) is 2.07. The van der Waals surface area contributed by atoms with Gasteiger partial charge >= 0.3 is 0 Å². The number of aromatic nitrogens is 1. The van der Waals surface area contributed by atoms with Gasteiger partial charge in [-0.1, -0.05) is 13.0 Å². The fourth-order valence-corrected chi connectivity index (χ4v) is 2.07. The Morgan fingerprint density at radius 1 is 1.47 bits per heavy atom. The number of halogens is 1. The van der Waals surface area contributed by atoms with Gasteiger partial charge < -0.3 is 10.7 Å². The van der Waals surface area contributed by atoms with Crippen LogP contribution in [0.3, 0.4) is 0 Å². The van der Waals surface area contributed by atoms with E-state index in [1.165, 1.54) is 13.0 Å². The lowest BCUT2D eigenvalue weighted by Gasteiger charge is -2.16. The Kier molecular flexibility index (Phi) is 2.98. The molecule has 0 aliphatic carbocycles. The summed E-state index contributed by atoms with van der Waals surface area (Å²) in [5, 5.41) is 0.525. The van der Waals surface area contributed by atoms with Gasteiger partial charge in [0.2, 0.25) is 0 Å². The second-order valence-corrected chi connectivity index (χ2v) is 4.33. The molecule has 0 saturated heterocycles. The highest BCUT2D eigenvalue weighted by molar-refractivity contribution is 5.87. The standard InChI is InChI=1S/C13H15FN2O/c1-7(13(15)8(2)17)9-6-16-11-5-3-4-10(14)12(9)11/h3-7,13,16H,15H2,1-2H3/t7-,13-/m0/s1. The zero-order valence-corrected chi connectivity index (χ0v) is 9.83. The van der Waals surface area contributed by atoms with Gasteiger partial charge in [-0.15, -0.1) is 0 Å². The predicted molar refractivity (Wildman–Crippen MR) is 65.3 cm³/mol. The molecule has 2 aromatic rings. The lowest BCUT2D eigenvalue weighted by molar-refractivity contribution is -0.118. The molecule has 0 aliphatic heterocycles. The van der Waals surface area contributed by atoms with Crippen LogP contribution in [0.15, 0.2) is 24.4 Å². The zero-order chi connectivity index (χ0) is 12.6. The minimum Gasteiger partial charge on any atom is -0.361 e. The number of carbonyl (C=O) groups is 1. The summed E-state index contributed by atoms with van der Waals surface area (Å²) in [6, 6.07) is 4.25. The highest BCUT2D eigenvalue weighted by atomic mass is 19.1. The van der Waals surface area contributed by atoms with E-state index in [9.17, 15) is 9.18 Å². The molecule has 1 aromatic carbocycles. The van der Waals surface area contributed by atoms with E-state index in [0.29, 0.717) is 5.39 Å². The van der Waals surface area contributed by atoms with Gasteiger partial charge in [0, 0.05) is 23.0 Å². The molecule has 0 saturated carbocycles. The quantitative estimate of drug-likeness (QED) is 0.856. The Morgan fingerprint density at radius 2 is 2.18 bits per heavy atom. The first-order valence-corrected chi connectivity index (χ1v) is 5.54. The van der Waals surface area contributed by atoms with Crippen LogP contribution in [0.4, 0.5) is 4.39 Å². The monoisotopic (exact) mass is 234 g/mol. The summed E-state index contributed by atoms with van der Waals surface area (Å²) < 4.78 is 13.8. The van der Waals surface area contributed by atoms with Gasteiger partial charge in [-0.3, -0.25) is 4.79 Å². The van der Waals surface area contributed by atoms with Crippen LogP contribution in [0, 0.1) is 5.82 Å². The zero-order valence-electron chi connectivity index (χ0n) is 9.83. The number of hydrogen-bond acceptors (Lipinski definition) is 2. The number of rotatable bonds is 3. The number of H-pyrrole nitrogens is 1. The first-order chi connectivity index (χ1) is 8.02. The Morgan fingerprint density at radius 3 is 2.82 bits per heavy atom. The van der Waals surface area contributed by atoms with Crippen LogP contribution in [0.1, 0.15) is 25.3 Å². The van der Waals surface area contributed by atoms with Crippen LogP contribution >= 0.6 is 0 Å². The Balaban J connectivity index is 2.52. The van der Waals surface area contributed by atoms with Crippen molar-refractivity contribution < 1.29 is 9.18 Å². The molecule has 1 aromatic heterocycles. The third-order valence-electron chi connectivity index (χ3n) is 3.18.